The molecule has 224 valence electrons. The SMILES string of the molecule is O=C1NN(c2ccc(S(=O)(=O)[O-])cc2[123I])C(=O)\C1=C/C=C/C=C/C=C/c1c(O)n(-c2ccc(S(=O)(=O)[O-])cc2[123I])[nH]c1=O.[Na+].[Na+]. The van der Waals surface area contributed by atoms with Gasteiger partial charge in [0.25, 0.3) is 17.4 Å². The van der Waals surface area contributed by atoms with E-state index in [1.165, 1.54) is 54.7 Å². The second-order valence-corrected chi connectivity index (χ2v) is 13.5. The van der Waals surface area contributed by atoms with Crippen molar-refractivity contribution in [2.24, 2.45) is 0 Å². The summed E-state index contributed by atoms with van der Waals surface area (Å²) in [5.74, 6) is -1.86. The Morgan fingerprint density at radius 3 is 1.82 bits per heavy atom. The Labute approximate surface area is 327 Å². The van der Waals surface area contributed by atoms with Gasteiger partial charge in [-0.05, 0) is 93.7 Å². The summed E-state index contributed by atoms with van der Waals surface area (Å²) < 4.78 is 68.9. The fourth-order valence-electron chi connectivity index (χ4n) is 3.65. The Kier molecular flexibility index (Phi) is 14.1. The number of nitrogens with zero attached hydrogens (tertiary/aromatic N) is 2. The van der Waals surface area contributed by atoms with Crippen molar-refractivity contribution in [1.29, 1.82) is 0 Å². The predicted octanol–water partition coefficient (Wildman–Crippen LogP) is -3.97. The first-order valence-corrected chi connectivity index (χ1v) is 16.5. The molecule has 0 bridgehead atoms. The second kappa shape index (κ2) is 16.0. The summed E-state index contributed by atoms with van der Waals surface area (Å²) >= 11 is 3.50. The van der Waals surface area contributed by atoms with Crippen molar-refractivity contribution in [2.75, 3.05) is 5.01 Å². The van der Waals surface area contributed by atoms with Crippen LogP contribution < -0.4 is 75.1 Å². The first kappa shape index (κ1) is 39.6. The number of benzene rings is 2. The van der Waals surface area contributed by atoms with Crippen molar-refractivity contribution in [3.8, 4) is 11.6 Å². The van der Waals surface area contributed by atoms with Crippen molar-refractivity contribution in [1.82, 2.24) is 15.2 Å². The molecule has 3 N–H and O–H groups in total. The molecule has 1 fully saturated rings. The van der Waals surface area contributed by atoms with Crippen LogP contribution in [0.2, 0.25) is 0 Å². The number of rotatable bonds is 8. The summed E-state index contributed by atoms with van der Waals surface area (Å²) in [5.41, 5.74) is 1.83. The molecule has 2 heterocycles. The van der Waals surface area contributed by atoms with Gasteiger partial charge in [0.1, 0.15) is 31.4 Å². The molecule has 20 heteroatoms. The molecule has 1 aliphatic heterocycles. The van der Waals surface area contributed by atoms with Crippen LogP contribution in [-0.4, -0.2) is 52.6 Å². The Morgan fingerprint density at radius 1 is 0.778 bits per heavy atom. The summed E-state index contributed by atoms with van der Waals surface area (Å²) in [6.45, 7) is 0. The van der Waals surface area contributed by atoms with Gasteiger partial charge >= 0.3 is 59.1 Å². The number of hydrogen-bond acceptors (Lipinski definition) is 10. The molecule has 14 nitrogen and oxygen atoms in total. The fourth-order valence-corrected chi connectivity index (χ4v) is 6.58. The van der Waals surface area contributed by atoms with E-state index in [4.69, 9.17) is 0 Å². The van der Waals surface area contributed by atoms with Gasteiger partial charge in [-0.25, -0.2) is 26.5 Å². The number of carbonyl (C=O) groups is 2. The van der Waals surface area contributed by atoms with Crippen LogP contribution in [0.4, 0.5) is 5.69 Å². The van der Waals surface area contributed by atoms with E-state index in [-0.39, 0.29) is 88.8 Å². The van der Waals surface area contributed by atoms with Gasteiger partial charge in [0.15, 0.2) is 0 Å². The van der Waals surface area contributed by atoms with Gasteiger partial charge in [-0.2, -0.15) is 0 Å². The number of nitrogens with one attached hydrogen (secondary N) is 2. The standard InChI is InChI=1S/C25H18I2N4O10S2.2Na/c26-18-12-14(42(36,37)38)8-10-20(18)30-24(34)16(22(32)28-30)6-4-2-1-3-5-7-17-23(33)29-31(25(17)35)21-11-9-15(13-19(21)27)43(39,40)41;;/h1-13,34H,(H,28,32)(H,29,33)(H,36,37,38)(H,39,40,41);;/q;2*+1/p-2/b2-1+,5-3+,6-4+,17-7-;;/i26-4,27-4;;. The summed E-state index contributed by atoms with van der Waals surface area (Å²) in [6, 6.07) is 6.78. The molecule has 4 rings (SSSR count). The molecule has 2 aromatic carbocycles. The maximum atomic E-state index is 12.8. The van der Waals surface area contributed by atoms with E-state index >= 15 is 0 Å². The Hall–Kier alpha value is -1.57. The number of anilines is 1. The summed E-state index contributed by atoms with van der Waals surface area (Å²) in [4.78, 5) is 36.5. The number of hydrazine groups is 1. The van der Waals surface area contributed by atoms with E-state index in [9.17, 15) is 45.4 Å². The quantitative estimate of drug-likeness (QED) is 0.0498. The van der Waals surface area contributed by atoms with Gasteiger partial charge in [0.2, 0.25) is 5.88 Å². The predicted molar refractivity (Wildman–Crippen MR) is 167 cm³/mol. The average Bonchev–Trinajstić information content (AvgIpc) is 3.35. The maximum absolute atomic E-state index is 12.8. The van der Waals surface area contributed by atoms with Gasteiger partial charge in [0, 0.05) is 7.14 Å². The summed E-state index contributed by atoms with van der Waals surface area (Å²) in [6.07, 6.45) is 9.92. The van der Waals surface area contributed by atoms with Crippen LogP contribution in [0.3, 0.4) is 0 Å². The van der Waals surface area contributed by atoms with Crippen molar-refractivity contribution < 1.29 is 99.8 Å². The third-order valence-corrected chi connectivity index (χ3v) is 9.06. The molecular formula is C25H16I2N4Na2O10S2. The van der Waals surface area contributed by atoms with E-state index in [1.54, 1.807) is 45.2 Å². The average molecular weight is 888 g/mol. The number of hydrogen-bond donors (Lipinski definition) is 3. The first-order valence-electron chi connectivity index (χ1n) is 11.5. The molecule has 0 radical (unpaired) electrons. The molecule has 0 unspecified atom stereocenters. The van der Waals surface area contributed by atoms with E-state index < -0.39 is 53.3 Å². The number of halogens is 2. The molecular weight excluding hydrogens is 872 g/mol. The van der Waals surface area contributed by atoms with Gasteiger partial charge in [-0.15, -0.1) is 0 Å². The number of aromatic nitrogens is 2. The normalized spacial score (nSPS) is 14.8. The second-order valence-electron chi connectivity index (χ2n) is 8.44. The fraction of sp³-hybridized carbons (Fsp3) is 0. The number of aromatic amines is 1. The molecule has 0 aliphatic carbocycles. The van der Waals surface area contributed by atoms with Crippen LogP contribution in [-0.2, 0) is 29.8 Å². The van der Waals surface area contributed by atoms with Gasteiger partial charge in [-0.3, -0.25) is 24.9 Å². The molecule has 1 aromatic heterocycles. The summed E-state index contributed by atoms with van der Waals surface area (Å²) in [5, 5.41) is 13.9. The van der Waals surface area contributed by atoms with Crippen molar-refractivity contribution in [3.63, 3.8) is 0 Å². The van der Waals surface area contributed by atoms with Crippen molar-refractivity contribution >= 4 is 89.0 Å². The van der Waals surface area contributed by atoms with Gasteiger partial charge < -0.3 is 14.2 Å². The molecule has 1 saturated heterocycles. The first-order chi connectivity index (χ1) is 20.1. The zero-order valence-electron chi connectivity index (χ0n) is 23.1. The van der Waals surface area contributed by atoms with E-state index in [1.807, 2.05) is 0 Å². The largest absolute Gasteiger partial charge is 1.00 e. The number of allylic oxidation sites excluding steroid dienone is 6. The minimum Gasteiger partial charge on any atom is -0.744 e. The maximum Gasteiger partial charge on any atom is 1.00 e. The zero-order valence-corrected chi connectivity index (χ0v) is 33.0. The van der Waals surface area contributed by atoms with E-state index in [0.717, 1.165) is 34.0 Å². The van der Waals surface area contributed by atoms with E-state index in [2.05, 4.69) is 10.5 Å². The van der Waals surface area contributed by atoms with E-state index in [0.29, 0.717) is 0 Å². The van der Waals surface area contributed by atoms with Crippen molar-refractivity contribution in [2.45, 2.75) is 9.79 Å². The van der Waals surface area contributed by atoms with Crippen LogP contribution in [0.25, 0.3) is 11.8 Å². The molecule has 1 aliphatic rings. The Balaban J connectivity index is 0.00000353. The molecule has 0 atom stereocenters. The topological polar surface area (TPSA) is 222 Å². The number of aromatic hydroxyl groups is 1. The minimum absolute atomic E-state index is 0. The molecule has 45 heavy (non-hydrogen) atoms. The number of carbonyl (C=O) groups excluding carboxylic acids is 2. The Morgan fingerprint density at radius 2 is 1.29 bits per heavy atom. The van der Waals surface area contributed by atoms with Crippen LogP contribution in [0.1, 0.15) is 5.56 Å². The molecule has 2 amide bonds. The minimum atomic E-state index is -4.69. The van der Waals surface area contributed by atoms with Crippen LogP contribution >= 0.6 is 45.2 Å². The number of amides is 2. The van der Waals surface area contributed by atoms with Gasteiger partial charge in [-0.1, -0.05) is 30.4 Å². The van der Waals surface area contributed by atoms with Crippen LogP contribution in [0.15, 0.2) is 93.0 Å². The van der Waals surface area contributed by atoms with Gasteiger partial charge in [0.05, 0.1) is 21.2 Å². The molecule has 3 aromatic rings. The number of H-pyrrole nitrogens is 1. The Bertz CT molecular complexity index is 2070. The zero-order chi connectivity index (χ0) is 31.7. The smallest absolute Gasteiger partial charge is 0.744 e. The monoisotopic (exact) mass is 888 g/mol. The molecule has 0 spiro atoms. The third kappa shape index (κ3) is 9.28. The van der Waals surface area contributed by atoms with Crippen molar-refractivity contribution in [3.05, 3.63) is 101 Å². The van der Waals surface area contributed by atoms with Crippen LogP contribution in [0.5, 0.6) is 5.88 Å². The van der Waals surface area contributed by atoms with Crippen LogP contribution in [0, 0.1) is 7.14 Å². The molecule has 0 saturated carbocycles. The summed E-state index contributed by atoms with van der Waals surface area (Å²) in [7, 11) is -9.38. The third-order valence-electron chi connectivity index (χ3n) is 5.67.